The summed E-state index contributed by atoms with van der Waals surface area (Å²) < 4.78 is 5.65. The Bertz CT molecular complexity index is 674. The highest BCUT2D eigenvalue weighted by Gasteiger charge is 2.09. The Balaban J connectivity index is 1.61. The molecule has 0 saturated heterocycles. The van der Waals surface area contributed by atoms with Crippen LogP contribution in [-0.2, 0) is 11.2 Å². The minimum absolute atomic E-state index is 0.0672. The normalized spacial score (nSPS) is 11.8. The molecule has 0 bridgehead atoms. The van der Waals surface area contributed by atoms with Crippen molar-refractivity contribution in [2.45, 2.75) is 13.3 Å². The number of nitrogens with one attached hydrogen (secondary N) is 2. The van der Waals surface area contributed by atoms with E-state index in [1.807, 2.05) is 31.3 Å². The molecule has 0 fully saturated rings. The Morgan fingerprint density at radius 2 is 1.88 bits per heavy atom. The average Bonchev–Trinajstić information content (AvgIpc) is 2.58. The Morgan fingerprint density at radius 1 is 1.16 bits per heavy atom. The van der Waals surface area contributed by atoms with Crippen molar-refractivity contribution in [3.05, 3.63) is 64.7 Å². The third-order valence-electron chi connectivity index (χ3n) is 4.05. The third-order valence-corrected chi connectivity index (χ3v) is 4.30. The highest BCUT2D eigenvalue weighted by Crippen LogP contribution is 2.14. The van der Waals surface area contributed by atoms with E-state index in [-0.39, 0.29) is 5.91 Å². The number of amides is 1. The van der Waals surface area contributed by atoms with E-state index in [1.54, 1.807) is 12.1 Å². The van der Waals surface area contributed by atoms with Crippen LogP contribution < -0.4 is 15.0 Å². The maximum atomic E-state index is 12.0. The molecule has 2 aromatic carbocycles. The standard InChI is InChI=1S/C20H25ClN2O2/c1-16-5-3-4-6-17(16)11-12-22-20(24)15-23(2)13-14-25-19-9-7-18(21)8-10-19/h3-10H,11-15H2,1-2H3,(H,22,24)/p+1. The molecule has 0 aliphatic rings. The molecule has 1 amide bonds. The lowest BCUT2D eigenvalue weighted by Gasteiger charge is -2.14. The van der Waals surface area contributed by atoms with E-state index in [4.69, 9.17) is 16.3 Å². The van der Waals surface area contributed by atoms with E-state index in [0.717, 1.165) is 23.6 Å². The second-order valence-electron chi connectivity index (χ2n) is 6.21. The second-order valence-corrected chi connectivity index (χ2v) is 6.65. The van der Waals surface area contributed by atoms with Crippen LogP contribution >= 0.6 is 11.6 Å². The summed E-state index contributed by atoms with van der Waals surface area (Å²) in [6.45, 7) is 4.52. The minimum atomic E-state index is 0.0672. The number of benzene rings is 2. The summed E-state index contributed by atoms with van der Waals surface area (Å²) in [6, 6.07) is 15.5. The number of carbonyl (C=O) groups excluding carboxylic acids is 1. The number of carbonyl (C=O) groups is 1. The summed E-state index contributed by atoms with van der Waals surface area (Å²) in [5.41, 5.74) is 2.54. The van der Waals surface area contributed by atoms with Gasteiger partial charge in [0.15, 0.2) is 6.54 Å². The van der Waals surface area contributed by atoms with Crippen molar-refractivity contribution in [3.63, 3.8) is 0 Å². The van der Waals surface area contributed by atoms with Crippen molar-refractivity contribution in [1.29, 1.82) is 0 Å². The largest absolute Gasteiger partial charge is 0.488 e. The van der Waals surface area contributed by atoms with Crippen molar-refractivity contribution in [3.8, 4) is 5.75 Å². The molecule has 134 valence electrons. The first-order valence-electron chi connectivity index (χ1n) is 8.55. The van der Waals surface area contributed by atoms with Gasteiger partial charge in [0.1, 0.15) is 18.9 Å². The number of likely N-dealkylation sites (N-methyl/N-ethyl adjacent to an activating group) is 1. The van der Waals surface area contributed by atoms with Gasteiger partial charge in [-0.15, -0.1) is 0 Å². The zero-order valence-corrected chi connectivity index (χ0v) is 15.6. The molecule has 0 aromatic heterocycles. The molecule has 0 aliphatic carbocycles. The number of aryl methyl sites for hydroxylation is 1. The van der Waals surface area contributed by atoms with Gasteiger partial charge in [0.2, 0.25) is 0 Å². The van der Waals surface area contributed by atoms with Gasteiger partial charge in [0, 0.05) is 11.6 Å². The van der Waals surface area contributed by atoms with Gasteiger partial charge in [0.05, 0.1) is 7.05 Å². The lowest BCUT2D eigenvalue weighted by Crippen LogP contribution is -3.10. The van der Waals surface area contributed by atoms with Gasteiger partial charge in [-0.2, -0.15) is 0 Å². The molecule has 25 heavy (non-hydrogen) atoms. The first-order chi connectivity index (χ1) is 12.0. The molecule has 0 heterocycles. The van der Waals surface area contributed by atoms with Crippen molar-refractivity contribution in [1.82, 2.24) is 5.32 Å². The van der Waals surface area contributed by atoms with Gasteiger partial charge < -0.3 is 15.0 Å². The molecule has 1 atom stereocenters. The van der Waals surface area contributed by atoms with E-state index >= 15 is 0 Å². The number of halogens is 1. The first kappa shape index (κ1) is 19.3. The van der Waals surface area contributed by atoms with Crippen molar-refractivity contribution in [2.75, 3.05) is 33.3 Å². The lowest BCUT2D eigenvalue weighted by atomic mass is 10.1. The zero-order valence-electron chi connectivity index (χ0n) is 14.8. The Kier molecular flexibility index (Phi) is 7.76. The van der Waals surface area contributed by atoms with Gasteiger partial charge in [-0.3, -0.25) is 4.79 Å². The number of hydrogen-bond donors (Lipinski definition) is 2. The predicted octanol–water partition coefficient (Wildman–Crippen LogP) is 1.90. The van der Waals surface area contributed by atoms with Gasteiger partial charge in [-0.25, -0.2) is 0 Å². The summed E-state index contributed by atoms with van der Waals surface area (Å²) in [4.78, 5) is 13.1. The fraction of sp³-hybridized carbons (Fsp3) is 0.350. The number of hydrogen-bond acceptors (Lipinski definition) is 2. The highest BCUT2D eigenvalue weighted by molar-refractivity contribution is 6.30. The fourth-order valence-corrected chi connectivity index (χ4v) is 2.65. The van der Waals surface area contributed by atoms with Gasteiger partial charge in [-0.05, 0) is 48.7 Å². The fourth-order valence-electron chi connectivity index (χ4n) is 2.53. The molecule has 1 unspecified atom stereocenters. The summed E-state index contributed by atoms with van der Waals surface area (Å²) in [6.07, 6.45) is 0.858. The zero-order chi connectivity index (χ0) is 18.1. The van der Waals surface area contributed by atoms with E-state index < -0.39 is 0 Å². The second kappa shape index (κ2) is 10.1. The van der Waals surface area contributed by atoms with Crippen LogP contribution in [-0.4, -0.2) is 39.2 Å². The lowest BCUT2D eigenvalue weighted by molar-refractivity contribution is -0.871. The summed E-state index contributed by atoms with van der Waals surface area (Å²) in [5.74, 6) is 0.859. The number of ether oxygens (including phenoxy) is 1. The Labute approximate surface area is 154 Å². The van der Waals surface area contributed by atoms with Crippen LogP contribution in [0.2, 0.25) is 5.02 Å². The maximum Gasteiger partial charge on any atom is 0.275 e. The maximum absolute atomic E-state index is 12.0. The first-order valence-corrected chi connectivity index (χ1v) is 8.93. The van der Waals surface area contributed by atoms with Crippen molar-refractivity contribution >= 4 is 17.5 Å². The van der Waals surface area contributed by atoms with E-state index in [0.29, 0.717) is 24.7 Å². The van der Waals surface area contributed by atoms with Gasteiger partial charge in [-0.1, -0.05) is 35.9 Å². The SMILES string of the molecule is Cc1ccccc1CCNC(=O)C[NH+](C)CCOc1ccc(Cl)cc1. The van der Waals surface area contributed by atoms with Crippen LogP contribution in [0.3, 0.4) is 0 Å². The van der Waals surface area contributed by atoms with Crippen molar-refractivity contribution in [2.24, 2.45) is 0 Å². The van der Waals surface area contributed by atoms with Crippen LogP contribution in [0.5, 0.6) is 5.75 Å². The molecule has 2 aromatic rings. The molecule has 2 N–H and O–H groups in total. The molecule has 0 spiro atoms. The molecular formula is C20H26ClN2O2+. The van der Waals surface area contributed by atoms with Gasteiger partial charge >= 0.3 is 0 Å². The molecular weight excluding hydrogens is 336 g/mol. The number of rotatable bonds is 9. The summed E-state index contributed by atoms with van der Waals surface area (Å²) in [5, 5.41) is 3.68. The van der Waals surface area contributed by atoms with Crippen LogP contribution in [0.15, 0.2) is 48.5 Å². The Morgan fingerprint density at radius 3 is 2.60 bits per heavy atom. The molecule has 0 aliphatic heterocycles. The summed E-state index contributed by atoms with van der Waals surface area (Å²) in [7, 11) is 1.99. The van der Waals surface area contributed by atoms with Crippen LogP contribution in [0.25, 0.3) is 0 Å². The van der Waals surface area contributed by atoms with E-state index in [9.17, 15) is 4.79 Å². The van der Waals surface area contributed by atoms with E-state index in [2.05, 4.69) is 24.4 Å². The molecule has 0 radical (unpaired) electrons. The molecule has 2 rings (SSSR count). The average molecular weight is 362 g/mol. The van der Waals surface area contributed by atoms with Gasteiger partial charge in [0.25, 0.3) is 5.91 Å². The molecule has 4 nitrogen and oxygen atoms in total. The Hall–Kier alpha value is -2.04. The monoisotopic (exact) mass is 361 g/mol. The highest BCUT2D eigenvalue weighted by atomic mass is 35.5. The summed E-state index contributed by atoms with van der Waals surface area (Å²) >= 11 is 5.84. The molecule has 0 saturated carbocycles. The smallest absolute Gasteiger partial charge is 0.275 e. The van der Waals surface area contributed by atoms with Crippen LogP contribution in [0.1, 0.15) is 11.1 Å². The predicted molar refractivity (Wildman–Crippen MR) is 101 cm³/mol. The number of quaternary nitrogens is 1. The van der Waals surface area contributed by atoms with Crippen molar-refractivity contribution < 1.29 is 14.4 Å². The topological polar surface area (TPSA) is 42.8 Å². The molecule has 5 heteroatoms. The third kappa shape index (κ3) is 7.16. The minimum Gasteiger partial charge on any atom is -0.488 e. The quantitative estimate of drug-likeness (QED) is 0.716. The van der Waals surface area contributed by atoms with Crippen LogP contribution in [0.4, 0.5) is 0 Å². The van der Waals surface area contributed by atoms with Crippen LogP contribution in [0, 0.1) is 6.92 Å². The van der Waals surface area contributed by atoms with E-state index in [1.165, 1.54) is 11.1 Å².